The summed E-state index contributed by atoms with van der Waals surface area (Å²) >= 11 is 0. The Morgan fingerprint density at radius 2 is 1.76 bits per heavy atom. The maximum atomic E-state index is 11.7. The van der Waals surface area contributed by atoms with Gasteiger partial charge < -0.3 is 9.84 Å². The highest BCUT2D eigenvalue weighted by Crippen LogP contribution is 2.35. The lowest BCUT2D eigenvalue weighted by molar-refractivity contribution is -0.658. The lowest BCUT2D eigenvalue weighted by Crippen LogP contribution is -2.41. The Kier molecular flexibility index (Phi) is 4.22. The second-order valence-electron chi connectivity index (χ2n) is 6.85. The van der Waals surface area contributed by atoms with Gasteiger partial charge in [0.15, 0.2) is 6.54 Å². The largest absolute Gasteiger partial charge is 0.497 e. The molecule has 4 heteroatoms. The Morgan fingerprint density at radius 1 is 1.00 bits per heavy atom. The molecule has 130 valence electrons. The number of hydrogen-bond donors (Lipinski definition) is 1. The van der Waals surface area contributed by atoms with Crippen molar-refractivity contribution in [3.63, 3.8) is 0 Å². The van der Waals surface area contributed by atoms with E-state index in [1.54, 1.807) is 7.11 Å². The fourth-order valence-electron chi connectivity index (χ4n) is 4.02. The predicted molar refractivity (Wildman–Crippen MR) is 99.3 cm³/mol. The van der Waals surface area contributed by atoms with Crippen molar-refractivity contribution in [2.75, 3.05) is 25.1 Å². The van der Waals surface area contributed by atoms with Gasteiger partial charge in [-0.2, -0.15) is 0 Å². The van der Waals surface area contributed by atoms with E-state index >= 15 is 0 Å². The van der Waals surface area contributed by atoms with Crippen molar-refractivity contribution in [1.29, 1.82) is 0 Å². The summed E-state index contributed by atoms with van der Waals surface area (Å²) in [5.41, 5.74) is 1.07. The van der Waals surface area contributed by atoms with Gasteiger partial charge in [0.25, 0.3) is 11.6 Å². The summed E-state index contributed by atoms with van der Waals surface area (Å²) in [6.07, 6.45) is 4.51. The van der Waals surface area contributed by atoms with Gasteiger partial charge in [-0.05, 0) is 55.7 Å². The molecule has 0 spiro atoms. The zero-order chi connectivity index (χ0) is 17.3. The van der Waals surface area contributed by atoms with Crippen molar-refractivity contribution in [1.82, 2.24) is 0 Å². The summed E-state index contributed by atoms with van der Waals surface area (Å²) in [5.74, 6) is 2.05. The molecule has 4 nitrogen and oxygen atoms in total. The van der Waals surface area contributed by atoms with E-state index in [9.17, 15) is 5.11 Å². The summed E-state index contributed by atoms with van der Waals surface area (Å²) in [6.45, 7) is 1.44. The molecule has 2 aliphatic rings. The van der Waals surface area contributed by atoms with Crippen LogP contribution in [0.25, 0.3) is 0 Å². The number of benzene rings is 2. The molecular weight excluding hydrogens is 312 g/mol. The molecule has 0 unspecified atom stereocenters. The first-order chi connectivity index (χ1) is 12.2. The summed E-state index contributed by atoms with van der Waals surface area (Å²) in [6, 6.07) is 18.2. The molecule has 1 atom stereocenters. The predicted octanol–water partition coefficient (Wildman–Crippen LogP) is 3.35. The lowest BCUT2D eigenvalue weighted by atomic mass is 10.0. The van der Waals surface area contributed by atoms with Crippen molar-refractivity contribution in [3.8, 4) is 5.75 Å². The summed E-state index contributed by atoms with van der Waals surface area (Å²) in [4.78, 5) is 2.29. The van der Waals surface area contributed by atoms with Crippen LogP contribution in [0.2, 0.25) is 0 Å². The van der Waals surface area contributed by atoms with E-state index in [1.165, 1.54) is 18.7 Å². The molecule has 0 amide bonds. The number of anilines is 1. The van der Waals surface area contributed by atoms with Crippen LogP contribution >= 0.6 is 0 Å². The van der Waals surface area contributed by atoms with Gasteiger partial charge in [0, 0.05) is 12.0 Å². The number of amidine groups is 1. The minimum absolute atomic E-state index is 0.554. The molecule has 0 bridgehead atoms. The van der Waals surface area contributed by atoms with Crippen LogP contribution in [0.4, 0.5) is 5.69 Å². The van der Waals surface area contributed by atoms with Crippen LogP contribution < -0.4 is 9.64 Å². The van der Waals surface area contributed by atoms with Crippen LogP contribution in [0.15, 0.2) is 54.6 Å². The van der Waals surface area contributed by atoms with E-state index in [0.717, 1.165) is 36.4 Å². The fraction of sp³-hybridized carbons (Fsp3) is 0.381. The van der Waals surface area contributed by atoms with Crippen LogP contribution in [0.5, 0.6) is 5.75 Å². The Balaban J connectivity index is 1.78. The first-order valence-corrected chi connectivity index (χ1v) is 9.05. The first-order valence-electron chi connectivity index (χ1n) is 9.05. The minimum Gasteiger partial charge on any atom is -0.497 e. The van der Waals surface area contributed by atoms with E-state index in [0.29, 0.717) is 6.54 Å². The van der Waals surface area contributed by atoms with Gasteiger partial charge in [-0.1, -0.05) is 18.2 Å². The topological polar surface area (TPSA) is 35.7 Å². The number of ether oxygens (including phenoxy) is 1. The molecule has 1 N–H and O–H groups in total. The van der Waals surface area contributed by atoms with Crippen LogP contribution in [-0.2, 0) is 5.72 Å². The third-order valence-corrected chi connectivity index (χ3v) is 5.35. The van der Waals surface area contributed by atoms with Crippen molar-refractivity contribution in [2.24, 2.45) is 0 Å². The average Bonchev–Trinajstić information content (AvgIpc) is 2.82. The third-order valence-electron chi connectivity index (χ3n) is 5.35. The Labute approximate surface area is 149 Å². The summed E-state index contributed by atoms with van der Waals surface area (Å²) in [7, 11) is 1.66. The van der Waals surface area contributed by atoms with Gasteiger partial charge >= 0.3 is 0 Å². The van der Waals surface area contributed by atoms with Gasteiger partial charge in [0.2, 0.25) is 0 Å². The van der Waals surface area contributed by atoms with Crippen LogP contribution in [-0.4, -0.2) is 35.7 Å². The first kappa shape index (κ1) is 16.2. The van der Waals surface area contributed by atoms with E-state index in [1.807, 2.05) is 30.3 Å². The number of nitrogens with zero attached hydrogens (tertiary/aromatic N) is 2. The number of aliphatic hydroxyl groups is 1. The van der Waals surface area contributed by atoms with Gasteiger partial charge in [-0.3, -0.25) is 0 Å². The SMILES string of the molecule is COc1ccc([C@@]2(O)CN(c3ccccc3)C3=[N+]2CCCCC3)cc1. The van der Waals surface area contributed by atoms with Crippen LogP contribution in [0.3, 0.4) is 0 Å². The zero-order valence-corrected chi connectivity index (χ0v) is 14.7. The van der Waals surface area contributed by atoms with Gasteiger partial charge in [0.05, 0.1) is 13.7 Å². The Bertz CT molecular complexity index is 770. The second-order valence-corrected chi connectivity index (χ2v) is 6.85. The molecule has 25 heavy (non-hydrogen) atoms. The molecular formula is C21H25N2O2+. The second kappa shape index (κ2) is 6.52. The number of β-amino-alcohol motifs (C(OH)–C–C–N with tert-alkyl or cyclic N) is 1. The number of hydrogen-bond acceptors (Lipinski definition) is 3. The normalized spacial score (nSPS) is 23.4. The van der Waals surface area contributed by atoms with Crippen molar-refractivity contribution < 1.29 is 14.4 Å². The molecule has 0 saturated carbocycles. The lowest BCUT2D eigenvalue weighted by Gasteiger charge is -2.23. The number of methoxy groups -OCH3 is 1. The molecule has 0 fully saturated rings. The van der Waals surface area contributed by atoms with Crippen LogP contribution in [0, 0.1) is 0 Å². The third kappa shape index (κ3) is 2.81. The minimum atomic E-state index is -0.998. The highest BCUT2D eigenvalue weighted by Gasteiger charge is 2.51. The van der Waals surface area contributed by atoms with Crippen LogP contribution in [0.1, 0.15) is 31.2 Å². The highest BCUT2D eigenvalue weighted by atomic mass is 16.5. The molecule has 2 heterocycles. The standard InChI is InChI=1S/C21H25N2O2/c1-25-19-13-11-17(12-14-19)21(24)16-22(18-8-4-2-5-9-18)20-10-6-3-7-15-23(20)21/h2,4-5,8-9,11-14,24H,3,6-7,10,15-16H2,1H3/q+1/t21-/m0/s1. The molecule has 4 rings (SSSR count). The molecule has 0 aliphatic carbocycles. The molecule has 0 saturated heterocycles. The van der Waals surface area contributed by atoms with E-state index < -0.39 is 5.72 Å². The molecule has 0 aromatic heterocycles. The molecule has 2 aromatic carbocycles. The summed E-state index contributed by atoms with van der Waals surface area (Å²) < 4.78 is 7.49. The van der Waals surface area contributed by atoms with Gasteiger partial charge in [-0.25, -0.2) is 9.48 Å². The van der Waals surface area contributed by atoms with Crippen molar-refractivity contribution in [3.05, 3.63) is 60.2 Å². The number of rotatable bonds is 3. The van der Waals surface area contributed by atoms with E-state index in [-0.39, 0.29) is 0 Å². The smallest absolute Gasteiger partial charge is 0.271 e. The quantitative estimate of drug-likeness (QED) is 0.873. The molecule has 2 aromatic rings. The van der Waals surface area contributed by atoms with E-state index in [4.69, 9.17) is 4.74 Å². The average molecular weight is 337 g/mol. The fourth-order valence-corrected chi connectivity index (χ4v) is 4.02. The monoisotopic (exact) mass is 337 g/mol. The highest BCUT2D eigenvalue weighted by molar-refractivity contribution is 5.95. The number of para-hydroxylation sites is 1. The Hall–Kier alpha value is -2.33. The Morgan fingerprint density at radius 3 is 2.48 bits per heavy atom. The summed E-state index contributed by atoms with van der Waals surface area (Å²) in [5, 5.41) is 11.7. The van der Waals surface area contributed by atoms with Crippen molar-refractivity contribution in [2.45, 2.75) is 31.4 Å². The van der Waals surface area contributed by atoms with Gasteiger partial charge in [0.1, 0.15) is 11.4 Å². The van der Waals surface area contributed by atoms with E-state index in [2.05, 4.69) is 33.7 Å². The van der Waals surface area contributed by atoms with Gasteiger partial charge in [-0.15, -0.1) is 0 Å². The maximum Gasteiger partial charge on any atom is 0.271 e. The molecule has 0 radical (unpaired) electrons. The zero-order valence-electron chi connectivity index (χ0n) is 14.7. The molecule has 2 aliphatic heterocycles. The van der Waals surface area contributed by atoms with Crippen molar-refractivity contribution >= 4 is 11.5 Å². The maximum absolute atomic E-state index is 11.7.